The topological polar surface area (TPSA) is 189 Å². The lowest BCUT2D eigenvalue weighted by atomic mass is 10.1. The van der Waals surface area contributed by atoms with Crippen LogP contribution in [0.2, 0.25) is 0 Å². The number of hydrogen-bond donors (Lipinski definition) is 5. The molecule has 0 saturated heterocycles. The Bertz CT molecular complexity index is 834. The second kappa shape index (κ2) is 15.0. The number of hydrogen-bond acceptors (Lipinski definition) is 9. The lowest BCUT2D eigenvalue weighted by Gasteiger charge is -2.22. The summed E-state index contributed by atoms with van der Waals surface area (Å²) in [7, 11) is 0. The van der Waals surface area contributed by atoms with E-state index in [-0.39, 0.29) is 18.6 Å². The van der Waals surface area contributed by atoms with Crippen molar-refractivity contribution >= 4 is 46.8 Å². The standard InChI is InChI=1S/C22H36N4O9S/c1-8-23-16(28)11-24-17(29)14(12-36-20(33)35-22(5,6)7)25-15(27)10-9-13(18(30)31)26-19(32)34-21(2,3)4/h8,13-14H,1,9-12H2,2-7H3,(H,23,28)(H,24,29)(H,25,27)(H,26,32)(H,30,31). The predicted molar refractivity (Wildman–Crippen MR) is 132 cm³/mol. The van der Waals surface area contributed by atoms with E-state index in [2.05, 4.69) is 27.8 Å². The summed E-state index contributed by atoms with van der Waals surface area (Å²) in [4.78, 5) is 71.9. The quantitative estimate of drug-likeness (QED) is 0.229. The Kier molecular flexibility index (Phi) is 13.6. The summed E-state index contributed by atoms with van der Waals surface area (Å²) in [5.41, 5.74) is -1.61. The number of alkyl carbamates (subject to hydrolysis) is 1. The van der Waals surface area contributed by atoms with Crippen molar-refractivity contribution in [2.75, 3.05) is 12.3 Å². The highest BCUT2D eigenvalue weighted by atomic mass is 32.2. The zero-order chi connectivity index (χ0) is 28.1. The highest BCUT2D eigenvalue weighted by molar-refractivity contribution is 8.13. The van der Waals surface area contributed by atoms with Gasteiger partial charge < -0.3 is 35.8 Å². The van der Waals surface area contributed by atoms with Crippen LogP contribution in [-0.4, -0.2) is 75.8 Å². The molecule has 0 aromatic rings. The minimum atomic E-state index is -1.42. The molecule has 0 aliphatic rings. The summed E-state index contributed by atoms with van der Waals surface area (Å²) in [6, 6.07) is -2.66. The summed E-state index contributed by atoms with van der Waals surface area (Å²) in [6.07, 6.45) is -0.490. The Hall–Kier alpha value is -3.29. The first kappa shape index (κ1) is 32.7. The molecule has 0 fully saturated rings. The van der Waals surface area contributed by atoms with Gasteiger partial charge in [-0.1, -0.05) is 6.58 Å². The van der Waals surface area contributed by atoms with Gasteiger partial charge in [0.15, 0.2) is 0 Å². The van der Waals surface area contributed by atoms with Gasteiger partial charge in [0, 0.05) is 12.2 Å². The van der Waals surface area contributed by atoms with Gasteiger partial charge in [-0.05, 0) is 65.9 Å². The van der Waals surface area contributed by atoms with Gasteiger partial charge in [0.05, 0.1) is 6.54 Å². The summed E-state index contributed by atoms with van der Waals surface area (Å²) in [5.74, 6) is -3.61. The van der Waals surface area contributed by atoms with E-state index < -0.39 is 64.9 Å². The van der Waals surface area contributed by atoms with Gasteiger partial charge >= 0.3 is 17.4 Å². The SMILES string of the molecule is C=CNC(=O)CNC(=O)C(CSC(=O)OC(C)(C)C)NC(=O)CCC(NC(=O)OC(C)(C)C)C(=O)O. The van der Waals surface area contributed by atoms with Crippen molar-refractivity contribution in [2.24, 2.45) is 0 Å². The Morgan fingerprint density at radius 1 is 0.917 bits per heavy atom. The molecule has 2 atom stereocenters. The van der Waals surface area contributed by atoms with E-state index in [1.165, 1.54) is 0 Å². The van der Waals surface area contributed by atoms with Crippen LogP contribution in [0.5, 0.6) is 0 Å². The number of rotatable bonds is 12. The molecule has 5 N–H and O–H groups in total. The second-order valence-corrected chi connectivity index (χ2v) is 10.4. The summed E-state index contributed by atoms with van der Waals surface area (Å²) in [6.45, 7) is 12.7. The molecule has 0 rings (SSSR count). The predicted octanol–water partition coefficient (Wildman–Crippen LogP) is 1.27. The molecule has 13 nitrogen and oxygen atoms in total. The fourth-order valence-electron chi connectivity index (χ4n) is 2.32. The van der Waals surface area contributed by atoms with Crippen LogP contribution in [0.25, 0.3) is 0 Å². The summed E-state index contributed by atoms with van der Waals surface area (Å²) in [5, 5.41) is 17.9. The van der Waals surface area contributed by atoms with Crippen LogP contribution in [0.1, 0.15) is 54.4 Å². The molecule has 0 aromatic heterocycles. The first-order chi connectivity index (χ1) is 16.4. The van der Waals surface area contributed by atoms with Crippen LogP contribution >= 0.6 is 11.8 Å². The van der Waals surface area contributed by atoms with E-state index in [1.807, 2.05) is 0 Å². The Labute approximate surface area is 214 Å². The van der Waals surface area contributed by atoms with E-state index in [0.717, 1.165) is 6.20 Å². The zero-order valence-electron chi connectivity index (χ0n) is 21.4. The van der Waals surface area contributed by atoms with Gasteiger partial charge in [-0.2, -0.15) is 0 Å². The van der Waals surface area contributed by atoms with Crippen molar-refractivity contribution in [3.8, 4) is 0 Å². The molecule has 0 aromatic carbocycles. The molecule has 2 unspecified atom stereocenters. The van der Waals surface area contributed by atoms with Crippen molar-refractivity contribution in [3.63, 3.8) is 0 Å². The molecule has 4 amide bonds. The normalized spacial score (nSPS) is 12.8. The molecule has 0 aliphatic carbocycles. The molecule has 0 radical (unpaired) electrons. The largest absolute Gasteiger partial charge is 0.480 e. The average molecular weight is 533 g/mol. The van der Waals surface area contributed by atoms with Crippen LogP contribution in [0.4, 0.5) is 9.59 Å². The van der Waals surface area contributed by atoms with Crippen LogP contribution in [-0.2, 0) is 28.7 Å². The monoisotopic (exact) mass is 532 g/mol. The molecule has 36 heavy (non-hydrogen) atoms. The van der Waals surface area contributed by atoms with Gasteiger partial charge in [-0.15, -0.1) is 0 Å². The number of carbonyl (C=O) groups is 6. The van der Waals surface area contributed by atoms with Gasteiger partial charge in [0.1, 0.15) is 23.3 Å². The van der Waals surface area contributed by atoms with Gasteiger partial charge in [0.2, 0.25) is 17.7 Å². The highest BCUT2D eigenvalue weighted by Gasteiger charge is 2.27. The molecule has 0 aliphatic heterocycles. The van der Waals surface area contributed by atoms with Crippen LogP contribution < -0.4 is 21.3 Å². The van der Waals surface area contributed by atoms with E-state index in [4.69, 9.17) is 9.47 Å². The summed E-state index contributed by atoms with van der Waals surface area (Å²) >= 11 is 0.648. The number of thioether (sulfide) groups is 1. The molecule has 0 bridgehead atoms. The zero-order valence-corrected chi connectivity index (χ0v) is 22.2. The molecule has 14 heteroatoms. The number of carbonyl (C=O) groups excluding carboxylic acids is 5. The van der Waals surface area contributed by atoms with E-state index in [9.17, 15) is 33.9 Å². The third kappa shape index (κ3) is 16.4. The fraction of sp³-hybridized carbons (Fsp3) is 0.636. The van der Waals surface area contributed by atoms with E-state index in [0.29, 0.717) is 11.8 Å². The Balaban J connectivity index is 5.15. The lowest BCUT2D eigenvalue weighted by Crippen LogP contribution is -2.50. The molecular formula is C22H36N4O9S. The molecular weight excluding hydrogens is 496 g/mol. The molecule has 0 spiro atoms. The smallest absolute Gasteiger partial charge is 0.408 e. The molecule has 0 saturated carbocycles. The maximum atomic E-state index is 12.5. The first-order valence-corrected chi connectivity index (χ1v) is 12.0. The maximum absolute atomic E-state index is 12.5. The van der Waals surface area contributed by atoms with Crippen molar-refractivity contribution in [1.29, 1.82) is 0 Å². The minimum Gasteiger partial charge on any atom is -0.480 e. The van der Waals surface area contributed by atoms with E-state index >= 15 is 0 Å². The molecule has 0 heterocycles. The highest BCUT2D eigenvalue weighted by Crippen LogP contribution is 2.16. The molecule has 204 valence electrons. The number of carboxylic acids is 1. The Morgan fingerprint density at radius 3 is 2.00 bits per heavy atom. The van der Waals surface area contributed by atoms with Crippen molar-refractivity contribution < 1.29 is 43.3 Å². The summed E-state index contributed by atoms with van der Waals surface area (Å²) < 4.78 is 10.2. The lowest BCUT2D eigenvalue weighted by molar-refractivity contribution is -0.140. The van der Waals surface area contributed by atoms with Crippen LogP contribution in [0.15, 0.2) is 12.8 Å². The van der Waals surface area contributed by atoms with Gasteiger partial charge in [-0.25, -0.2) is 14.4 Å². The van der Waals surface area contributed by atoms with Crippen LogP contribution in [0, 0.1) is 0 Å². The van der Waals surface area contributed by atoms with Crippen molar-refractivity contribution in [2.45, 2.75) is 77.7 Å². The van der Waals surface area contributed by atoms with Crippen LogP contribution in [0.3, 0.4) is 0 Å². The second-order valence-electron chi connectivity index (χ2n) is 9.46. The van der Waals surface area contributed by atoms with Crippen molar-refractivity contribution in [3.05, 3.63) is 12.8 Å². The van der Waals surface area contributed by atoms with Gasteiger partial charge in [0.25, 0.3) is 0 Å². The van der Waals surface area contributed by atoms with Crippen molar-refractivity contribution in [1.82, 2.24) is 21.3 Å². The maximum Gasteiger partial charge on any atom is 0.408 e. The van der Waals surface area contributed by atoms with E-state index in [1.54, 1.807) is 41.5 Å². The average Bonchev–Trinajstić information content (AvgIpc) is 2.69. The number of aliphatic carboxylic acids is 1. The third-order valence-electron chi connectivity index (χ3n) is 3.74. The number of amides is 4. The minimum absolute atomic E-state index is 0.214. The third-order valence-corrected chi connectivity index (χ3v) is 4.56. The Morgan fingerprint density at radius 2 is 1.50 bits per heavy atom. The number of ether oxygens (including phenoxy) is 2. The number of carboxylic acid groups (broad SMARTS) is 1. The van der Waals surface area contributed by atoms with Gasteiger partial charge in [-0.3, -0.25) is 14.4 Å². The first-order valence-electron chi connectivity index (χ1n) is 11.0. The number of nitrogens with one attached hydrogen (secondary N) is 4. The fourth-order valence-corrected chi connectivity index (χ4v) is 3.16.